The summed E-state index contributed by atoms with van der Waals surface area (Å²) in [6.07, 6.45) is 3.80. The number of nitrogens with zero attached hydrogens (tertiary/aromatic N) is 2. The molecule has 0 aromatic heterocycles. The predicted molar refractivity (Wildman–Crippen MR) is 54.8 cm³/mol. The first kappa shape index (κ1) is 9.93. The van der Waals surface area contributed by atoms with Gasteiger partial charge < -0.3 is 15.5 Å². The molecular formula is C10H19N3O. The zero-order valence-corrected chi connectivity index (χ0v) is 8.78. The van der Waals surface area contributed by atoms with Crippen LogP contribution in [0.4, 0.5) is 0 Å². The molecule has 2 aliphatic heterocycles. The van der Waals surface area contributed by atoms with Crippen LogP contribution >= 0.6 is 0 Å². The zero-order chi connectivity index (χ0) is 10.1. The van der Waals surface area contributed by atoms with Crippen LogP contribution in [-0.4, -0.2) is 54.5 Å². The van der Waals surface area contributed by atoms with Crippen molar-refractivity contribution in [3.8, 4) is 0 Å². The molecule has 4 heteroatoms. The van der Waals surface area contributed by atoms with Crippen LogP contribution in [0.2, 0.25) is 0 Å². The van der Waals surface area contributed by atoms with E-state index in [9.17, 15) is 4.79 Å². The molecule has 2 saturated heterocycles. The van der Waals surface area contributed by atoms with E-state index < -0.39 is 0 Å². The van der Waals surface area contributed by atoms with Crippen molar-refractivity contribution < 1.29 is 4.79 Å². The Bertz CT molecular complexity index is 231. The van der Waals surface area contributed by atoms with E-state index >= 15 is 0 Å². The monoisotopic (exact) mass is 197 g/mol. The Hall–Kier alpha value is -0.610. The molecule has 0 aliphatic carbocycles. The quantitative estimate of drug-likeness (QED) is 0.615. The van der Waals surface area contributed by atoms with E-state index in [0.29, 0.717) is 6.04 Å². The normalized spacial score (nSPS) is 34.4. The number of nitrogens with two attached hydrogens (primary N) is 1. The van der Waals surface area contributed by atoms with E-state index in [1.165, 1.54) is 25.8 Å². The lowest BCUT2D eigenvalue weighted by molar-refractivity contribution is -0.143. The van der Waals surface area contributed by atoms with Gasteiger partial charge in [0.1, 0.15) is 6.04 Å². The van der Waals surface area contributed by atoms with Crippen molar-refractivity contribution in [1.29, 1.82) is 0 Å². The van der Waals surface area contributed by atoms with Crippen molar-refractivity contribution >= 4 is 5.91 Å². The third kappa shape index (κ3) is 1.77. The molecule has 2 rings (SSSR count). The van der Waals surface area contributed by atoms with Crippen LogP contribution in [0.15, 0.2) is 0 Å². The van der Waals surface area contributed by atoms with Crippen LogP contribution in [0, 0.1) is 0 Å². The summed E-state index contributed by atoms with van der Waals surface area (Å²) in [5.41, 5.74) is 5.55. The molecular weight excluding hydrogens is 178 g/mol. The highest BCUT2D eigenvalue weighted by Gasteiger charge is 2.35. The lowest BCUT2D eigenvalue weighted by atomic mass is 10.00. The summed E-state index contributed by atoms with van der Waals surface area (Å²) in [6, 6.07) is 0.337. The van der Waals surface area contributed by atoms with Gasteiger partial charge in [-0.15, -0.1) is 0 Å². The van der Waals surface area contributed by atoms with Crippen molar-refractivity contribution in [3.63, 3.8) is 0 Å². The first-order chi connectivity index (χ1) is 6.68. The molecule has 2 heterocycles. The smallest absolute Gasteiger partial charge is 0.241 e. The van der Waals surface area contributed by atoms with Gasteiger partial charge in [-0.2, -0.15) is 0 Å². The van der Waals surface area contributed by atoms with Gasteiger partial charge in [0.05, 0.1) is 0 Å². The van der Waals surface area contributed by atoms with E-state index in [2.05, 4.69) is 11.9 Å². The SMILES string of the molecule is CN1CCCCC1CN1CC(N)C1=O. The van der Waals surface area contributed by atoms with E-state index in [-0.39, 0.29) is 11.9 Å². The van der Waals surface area contributed by atoms with Crippen molar-refractivity contribution in [2.24, 2.45) is 5.73 Å². The molecule has 0 aromatic carbocycles. The Morgan fingerprint density at radius 2 is 2.29 bits per heavy atom. The Morgan fingerprint density at radius 1 is 1.50 bits per heavy atom. The third-order valence-electron chi connectivity index (χ3n) is 3.40. The second-order valence-electron chi connectivity index (χ2n) is 4.48. The van der Waals surface area contributed by atoms with E-state index in [0.717, 1.165) is 13.1 Å². The molecule has 2 N–H and O–H groups in total. The maximum Gasteiger partial charge on any atom is 0.241 e. The molecule has 0 bridgehead atoms. The van der Waals surface area contributed by atoms with Crippen LogP contribution in [0.3, 0.4) is 0 Å². The first-order valence-corrected chi connectivity index (χ1v) is 5.43. The molecule has 14 heavy (non-hydrogen) atoms. The van der Waals surface area contributed by atoms with Crippen LogP contribution < -0.4 is 5.73 Å². The highest BCUT2D eigenvalue weighted by atomic mass is 16.2. The third-order valence-corrected chi connectivity index (χ3v) is 3.40. The highest BCUT2D eigenvalue weighted by molar-refractivity contribution is 5.87. The summed E-state index contributed by atoms with van der Waals surface area (Å²) >= 11 is 0. The van der Waals surface area contributed by atoms with Gasteiger partial charge in [0.2, 0.25) is 5.91 Å². The van der Waals surface area contributed by atoms with Crippen LogP contribution in [-0.2, 0) is 4.79 Å². The van der Waals surface area contributed by atoms with Crippen molar-refractivity contribution in [2.75, 3.05) is 26.7 Å². The number of piperidine rings is 1. The Balaban J connectivity index is 1.82. The zero-order valence-electron chi connectivity index (χ0n) is 8.78. The molecule has 2 atom stereocenters. The number of carbonyl (C=O) groups is 1. The fourth-order valence-electron chi connectivity index (χ4n) is 2.32. The number of likely N-dealkylation sites (tertiary alicyclic amines) is 2. The summed E-state index contributed by atoms with van der Waals surface area (Å²) in [5.74, 6) is 0.129. The van der Waals surface area contributed by atoms with Gasteiger partial charge in [-0.25, -0.2) is 0 Å². The lowest BCUT2D eigenvalue weighted by Gasteiger charge is -2.42. The van der Waals surface area contributed by atoms with Gasteiger partial charge in [-0.1, -0.05) is 6.42 Å². The molecule has 2 unspecified atom stereocenters. The average Bonchev–Trinajstić information content (AvgIpc) is 2.20. The van der Waals surface area contributed by atoms with E-state index in [1.807, 2.05) is 4.90 Å². The van der Waals surface area contributed by atoms with Crippen LogP contribution in [0.1, 0.15) is 19.3 Å². The summed E-state index contributed by atoms with van der Waals surface area (Å²) in [6.45, 7) is 2.80. The molecule has 1 amide bonds. The number of rotatable bonds is 2. The molecule has 2 fully saturated rings. The number of amides is 1. The molecule has 0 spiro atoms. The Labute approximate surface area is 85.0 Å². The van der Waals surface area contributed by atoms with E-state index in [4.69, 9.17) is 5.73 Å². The highest BCUT2D eigenvalue weighted by Crippen LogP contribution is 2.18. The summed E-state index contributed by atoms with van der Waals surface area (Å²) in [5, 5.41) is 0. The number of β-lactam (4-membered cyclic amide) rings is 1. The van der Waals surface area contributed by atoms with E-state index in [1.54, 1.807) is 0 Å². The predicted octanol–water partition coefficient (Wildman–Crippen LogP) is -0.360. The number of carbonyl (C=O) groups excluding carboxylic acids is 1. The molecule has 4 nitrogen and oxygen atoms in total. The minimum absolute atomic E-state index is 0.129. The molecule has 0 radical (unpaired) electrons. The van der Waals surface area contributed by atoms with Gasteiger partial charge in [-0.3, -0.25) is 4.79 Å². The minimum atomic E-state index is -0.219. The molecule has 0 saturated carbocycles. The maximum absolute atomic E-state index is 11.3. The van der Waals surface area contributed by atoms with Gasteiger partial charge in [0.15, 0.2) is 0 Å². The first-order valence-electron chi connectivity index (χ1n) is 5.43. The standard InChI is InChI=1S/C10H19N3O/c1-12-5-3-2-4-8(12)6-13-7-9(11)10(13)14/h8-9H,2-7,11H2,1H3. The summed E-state index contributed by atoms with van der Waals surface area (Å²) in [7, 11) is 2.15. The van der Waals surface area contributed by atoms with Gasteiger partial charge in [-0.05, 0) is 26.4 Å². The average molecular weight is 197 g/mol. The fourth-order valence-corrected chi connectivity index (χ4v) is 2.32. The summed E-state index contributed by atoms with van der Waals surface area (Å²) < 4.78 is 0. The van der Waals surface area contributed by atoms with Crippen molar-refractivity contribution in [2.45, 2.75) is 31.3 Å². The molecule has 0 aromatic rings. The summed E-state index contributed by atoms with van der Waals surface area (Å²) in [4.78, 5) is 15.6. The molecule has 2 aliphatic rings. The fraction of sp³-hybridized carbons (Fsp3) is 0.900. The Kier molecular flexibility index (Phi) is 2.74. The molecule has 80 valence electrons. The van der Waals surface area contributed by atoms with Crippen molar-refractivity contribution in [1.82, 2.24) is 9.80 Å². The Morgan fingerprint density at radius 3 is 2.86 bits per heavy atom. The van der Waals surface area contributed by atoms with Crippen LogP contribution in [0.5, 0.6) is 0 Å². The second kappa shape index (κ2) is 3.87. The van der Waals surface area contributed by atoms with Gasteiger partial charge in [0.25, 0.3) is 0 Å². The largest absolute Gasteiger partial charge is 0.338 e. The maximum atomic E-state index is 11.3. The minimum Gasteiger partial charge on any atom is -0.338 e. The van der Waals surface area contributed by atoms with Crippen LogP contribution in [0.25, 0.3) is 0 Å². The van der Waals surface area contributed by atoms with Gasteiger partial charge >= 0.3 is 0 Å². The lowest BCUT2D eigenvalue weighted by Crippen LogP contribution is -2.63. The second-order valence-corrected chi connectivity index (χ2v) is 4.48. The number of hydrogen-bond donors (Lipinski definition) is 1. The topological polar surface area (TPSA) is 49.6 Å². The number of hydrogen-bond acceptors (Lipinski definition) is 3. The number of likely N-dealkylation sites (N-methyl/N-ethyl adjacent to an activating group) is 1. The van der Waals surface area contributed by atoms with Gasteiger partial charge in [0, 0.05) is 19.1 Å². The van der Waals surface area contributed by atoms with Crippen molar-refractivity contribution in [3.05, 3.63) is 0 Å².